The topological polar surface area (TPSA) is 67.3 Å². The third-order valence-electron chi connectivity index (χ3n) is 2.84. The van der Waals surface area contributed by atoms with E-state index in [0.717, 1.165) is 29.6 Å². The number of carbonyl (C=O) groups excluding carboxylic acids is 3. The Kier molecular flexibility index (Phi) is 3.27. The van der Waals surface area contributed by atoms with Crippen LogP contribution in [0.5, 0.6) is 0 Å². The molecule has 1 aliphatic rings. The van der Waals surface area contributed by atoms with Crippen molar-refractivity contribution in [2.24, 2.45) is 0 Å². The summed E-state index contributed by atoms with van der Waals surface area (Å²) in [5.74, 6) is 0.429. The van der Waals surface area contributed by atoms with Crippen LogP contribution in [0.4, 0.5) is 0 Å². The summed E-state index contributed by atoms with van der Waals surface area (Å²) >= 11 is 0. The number of hydrogen-bond donors (Lipinski definition) is 0. The molecule has 1 aromatic heterocycles. The van der Waals surface area contributed by atoms with E-state index in [4.69, 9.17) is 0 Å². The van der Waals surface area contributed by atoms with Crippen LogP contribution >= 0.6 is 0 Å². The number of aromatic nitrogens is 1. The van der Waals surface area contributed by atoms with Gasteiger partial charge in [-0.3, -0.25) is 24.3 Å². The van der Waals surface area contributed by atoms with Gasteiger partial charge in [-0.05, 0) is 30.4 Å². The average Bonchev–Trinajstić information content (AvgIpc) is 3.19. The van der Waals surface area contributed by atoms with Crippen LogP contribution in [0.3, 0.4) is 0 Å². The first kappa shape index (κ1) is 11.4. The van der Waals surface area contributed by atoms with Gasteiger partial charge in [-0.15, -0.1) is 0 Å². The lowest BCUT2D eigenvalue weighted by Gasteiger charge is -2.12. The van der Waals surface area contributed by atoms with Crippen LogP contribution in [-0.2, 0) is 16.1 Å². The van der Waals surface area contributed by atoms with Crippen LogP contribution in [0.15, 0.2) is 12.3 Å². The molecule has 2 amide bonds. The van der Waals surface area contributed by atoms with E-state index in [9.17, 15) is 14.4 Å². The molecule has 5 nitrogen and oxygen atoms in total. The molecule has 0 atom stereocenters. The predicted molar refractivity (Wildman–Crippen MR) is 59.3 cm³/mol. The zero-order valence-electron chi connectivity index (χ0n) is 9.20. The Hall–Kier alpha value is -2.04. The zero-order valence-corrected chi connectivity index (χ0v) is 9.20. The minimum atomic E-state index is 0.0433. The summed E-state index contributed by atoms with van der Waals surface area (Å²) in [6, 6.07) is 1.83. The number of carbonyl (C=O) groups is 3. The maximum Gasteiger partial charge on any atom is 0.216 e. The van der Waals surface area contributed by atoms with Gasteiger partial charge in [-0.2, -0.15) is 0 Å². The Morgan fingerprint density at radius 3 is 2.53 bits per heavy atom. The first-order chi connectivity index (χ1) is 8.30. The molecule has 0 unspecified atom stereocenters. The minimum Gasteiger partial charge on any atom is -0.298 e. The Labute approximate surface area is 98.4 Å². The highest BCUT2D eigenvalue weighted by molar-refractivity contribution is 5.80. The van der Waals surface area contributed by atoms with Crippen molar-refractivity contribution >= 4 is 19.1 Å². The fourth-order valence-electron chi connectivity index (χ4n) is 1.82. The molecule has 1 fully saturated rings. The minimum absolute atomic E-state index is 0.0433. The molecular formula is C12H12N2O3. The van der Waals surface area contributed by atoms with E-state index in [1.165, 1.54) is 0 Å². The molecule has 0 spiro atoms. The summed E-state index contributed by atoms with van der Waals surface area (Å²) in [5, 5.41) is 0. The molecule has 0 aromatic carbocycles. The van der Waals surface area contributed by atoms with Crippen molar-refractivity contribution in [2.75, 3.05) is 0 Å². The summed E-state index contributed by atoms with van der Waals surface area (Å²) in [6.07, 6.45) is 5.37. The Bertz CT molecular complexity index is 447. The molecule has 1 saturated carbocycles. The summed E-state index contributed by atoms with van der Waals surface area (Å²) in [4.78, 5) is 37.2. The number of nitrogens with zero attached hydrogens (tertiary/aromatic N) is 2. The molecule has 0 bridgehead atoms. The monoisotopic (exact) mass is 232 g/mol. The predicted octanol–water partition coefficient (Wildman–Crippen LogP) is 0.886. The third-order valence-corrected chi connectivity index (χ3v) is 2.84. The van der Waals surface area contributed by atoms with Crippen LogP contribution in [-0.4, -0.2) is 29.0 Å². The quantitative estimate of drug-likeness (QED) is 0.683. The molecule has 1 aliphatic carbocycles. The van der Waals surface area contributed by atoms with Gasteiger partial charge < -0.3 is 0 Å². The number of pyridine rings is 1. The van der Waals surface area contributed by atoms with Gasteiger partial charge in [-0.25, -0.2) is 0 Å². The second kappa shape index (κ2) is 4.86. The van der Waals surface area contributed by atoms with E-state index in [0.29, 0.717) is 30.0 Å². The maximum absolute atomic E-state index is 11.1. The first-order valence-electron chi connectivity index (χ1n) is 5.39. The van der Waals surface area contributed by atoms with Crippen LogP contribution in [0, 0.1) is 0 Å². The molecule has 88 valence electrons. The van der Waals surface area contributed by atoms with Gasteiger partial charge in [0.15, 0.2) is 6.29 Å². The number of amides is 2. The fraction of sp³-hybridized carbons (Fsp3) is 0.333. The lowest BCUT2D eigenvalue weighted by atomic mass is 10.0. The molecule has 0 N–H and O–H groups in total. The van der Waals surface area contributed by atoms with Crippen molar-refractivity contribution in [2.45, 2.75) is 25.3 Å². The van der Waals surface area contributed by atoms with Gasteiger partial charge in [-0.1, -0.05) is 0 Å². The van der Waals surface area contributed by atoms with Crippen LogP contribution in [0.1, 0.15) is 40.4 Å². The van der Waals surface area contributed by atoms with E-state index in [1.54, 1.807) is 6.20 Å². The van der Waals surface area contributed by atoms with Crippen LogP contribution in [0.25, 0.3) is 0 Å². The maximum atomic E-state index is 11.1. The Morgan fingerprint density at radius 2 is 2.00 bits per heavy atom. The van der Waals surface area contributed by atoms with Gasteiger partial charge in [0.2, 0.25) is 12.8 Å². The molecule has 1 aromatic rings. The van der Waals surface area contributed by atoms with Crippen molar-refractivity contribution < 1.29 is 14.4 Å². The summed E-state index contributed by atoms with van der Waals surface area (Å²) in [7, 11) is 0. The number of aldehydes is 1. The molecule has 17 heavy (non-hydrogen) atoms. The van der Waals surface area contributed by atoms with Crippen molar-refractivity contribution in [3.63, 3.8) is 0 Å². The van der Waals surface area contributed by atoms with E-state index >= 15 is 0 Å². The second-order valence-corrected chi connectivity index (χ2v) is 4.04. The van der Waals surface area contributed by atoms with Crippen LogP contribution < -0.4 is 0 Å². The summed E-state index contributed by atoms with van der Waals surface area (Å²) in [5.41, 5.74) is 1.97. The van der Waals surface area contributed by atoms with Crippen molar-refractivity contribution in [3.8, 4) is 0 Å². The highest BCUT2D eigenvalue weighted by atomic mass is 16.2. The molecule has 5 heteroatoms. The molecule has 1 heterocycles. The Balaban J connectivity index is 2.32. The van der Waals surface area contributed by atoms with Crippen LogP contribution in [0.2, 0.25) is 0 Å². The third kappa shape index (κ3) is 2.38. The molecule has 0 saturated heterocycles. The zero-order chi connectivity index (χ0) is 12.3. The largest absolute Gasteiger partial charge is 0.298 e. The molecule has 0 radical (unpaired) electrons. The highest BCUT2D eigenvalue weighted by Crippen LogP contribution is 2.41. The van der Waals surface area contributed by atoms with Crippen molar-refractivity contribution in [1.82, 2.24) is 9.88 Å². The average molecular weight is 232 g/mol. The lowest BCUT2D eigenvalue weighted by molar-refractivity contribution is -0.129. The second-order valence-electron chi connectivity index (χ2n) is 4.04. The van der Waals surface area contributed by atoms with Gasteiger partial charge in [0.1, 0.15) is 0 Å². The van der Waals surface area contributed by atoms with E-state index in [1.807, 2.05) is 6.07 Å². The smallest absolute Gasteiger partial charge is 0.216 e. The standard InChI is InChI=1S/C12H12N2O3/c15-6-11-10(9-1-2-9)3-4-13-12(11)5-14(7-16)8-17/h3-4,6-9H,1-2,5H2. The molecular weight excluding hydrogens is 220 g/mol. The SMILES string of the molecule is O=Cc1c(C2CC2)ccnc1CN(C=O)C=O. The number of hydrogen-bond acceptors (Lipinski definition) is 4. The van der Waals surface area contributed by atoms with Gasteiger partial charge in [0.05, 0.1) is 12.2 Å². The molecule has 2 rings (SSSR count). The van der Waals surface area contributed by atoms with Crippen molar-refractivity contribution in [3.05, 3.63) is 29.1 Å². The van der Waals surface area contributed by atoms with Gasteiger partial charge >= 0.3 is 0 Å². The van der Waals surface area contributed by atoms with Gasteiger partial charge in [0, 0.05) is 11.8 Å². The summed E-state index contributed by atoms with van der Waals surface area (Å²) < 4.78 is 0. The van der Waals surface area contributed by atoms with E-state index in [2.05, 4.69) is 4.98 Å². The lowest BCUT2D eigenvalue weighted by Crippen LogP contribution is -2.21. The Morgan fingerprint density at radius 1 is 1.29 bits per heavy atom. The van der Waals surface area contributed by atoms with E-state index < -0.39 is 0 Å². The normalized spacial score (nSPS) is 14.1. The fourth-order valence-corrected chi connectivity index (χ4v) is 1.82. The van der Waals surface area contributed by atoms with Crippen molar-refractivity contribution in [1.29, 1.82) is 0 Å². The number of rotatable bonds is 6. The van der Waals surface area contributed by atoms with Gasteiger partial charge in [0.25, 0.3) is 0 Å². The summed E-state index contributed by atoms with van der Waals surface area (Å²) in [6.45, 7) is 0.0433. The first-order valence-corrected chi connectivity index (χ1v) is 5.39. The highest BCUT2D eigenvalue weighted by Gasteiger charge is 2.27. The molecule has 0 aliphatic heterocycles. The van der Waals surface area contributed by atoms with E-state index in [-0.39, 0.29) is 6.54 Å². The number of imide groups is 1.